The molecule has 0 unspecified atom stereocenters. The van der Waals surface area contributed by atoms with Crippen LogP contribution < -0.4 is 10.6 Å². The molecule has 0 fully saturated rings. The van der Waals surface area contributed by atoms with E-state index in [0.29, 0.717) is 12.1 Å². The Hall–Kier alpha value is -2.36. The third-order valence-electron chi connectivity index (χ3n) is 3.43. The minimum absolute atomic E-state index is 0.0134. The predicted molar refractivity (Wildman–Crippen MR) is 75.2 cm³/mol. The predicted octanol–water partition coefficient (Wildman–Crippen LogP) is 2.18. The zero-order valence-corrected chi connectivity index (χ0v) is 10.8. The summed E-state index contributed by atoms with van der Waals surface area (Å²) < 4.78 is 0. The summed E-state index contributed by atoms with van der Waals surface area (Å²) in [6.07, 6.45) is 4.17. The van der Waals surface area contributed by atoms with Crippen molar-refractivity contribution in [2.24, 2.45) is 0 Å². The number of pyridine rings is 1. The number of carbonyl (C=O) groups is 1. The topological polar surface area (TPSA) is 59.2 Å². The van der Waals surface area contributed by atoms with Crippen LogP contribution in [0.5, 0.6) is 0 Å². The Labute approximate surface area is 111 Å². The summed E-state index contributed by atoms with van der Waals surface area (Å²) in [5.41, 5.74) is 10.3. The molecule has 3 rings (SSSR count). The zero-order chi connectivity index (χ0) is 13.4. The SMILES string of the molecule is Cc1cncc(C(=O)N2CCc3c(N)cccc32)c1. The van der Waals surface area contributed by atoms with E-state index in [4.69, 9.17) is 5.73 Å². The fraction of sp³-hybridized carbons (Fsp3) is 0.200. The molecule has 4 nitrogen and oxygen atoms in total. The lowest BCUT2D eigenvalue weighted by Gasteiger charge is -2.17. The first kappa shape index (κ1) is 11.7. The summed E-state index contributed by atoms with van der Waals surface area (Å²) in [5, 5.41) is 0. The summed E-state index contributed by atoms with van der Waals surface area (Å²) in [6.45, 7) is 2.61. The van der Waals surface area contributed by atoms with Crippen molar-refractivity contribution >= 4 is 17.3 Å². The molecule has 1 aromatic carbocycles. The van der Waals surface area contributed by atoms with Gasteiger partial charge in [-0.15, -0.1) is 0 Å². The van der Waals surface area contributed by atoms with Crippen molar-refractivity contribution in [2.75, 3.05) is 17.2 Å². The van der Waals surface area contributed by atoms with Crippen LogP contribution in [-0.4, -0.2) is 17.4 Å². The second-order valence-corrected chi connectivity index (χ2v) is 4.80. The molecule has 0 spiro atoms. The van der Waals surface area contributed by atoms with Crippen molar-refractivity contribution in [2.45, 2.75) is 13.3 Å². The Bertz CT molecular complexity index is 652. The summed E-state index contributed by atoms with van der Waals surface area (Å²) in [7, 11) is 0. The van der Waals surface area contributed by atoms with E-state index < -0.39 is 0 Å². The standard InChI is InChI=1S/C15H15N3O/c1-10-7-11(9-17-8-10)15(19)18-6-5-12-13(16)3-2-4-14(12)18/h2-4,7-9H,5-6,16H2,1H3. The molecule has 0 radical (unpaired) electrons. The molecule has 0 saturated carbocycles. The van der Waals surface area contributed by atoms with Gasteiger partial charge in [0, 0.05) is 35.9 Å². The maximum atomic E-state index is 12.5. The van der Waals surface area contributed by atoms with E-state index in [9.17, 15) is 4.79 Å². The van der Waals surface area contributed by atoms with Gasteiger partial charge >= 0.3 is 0 Å². The highest BCUT2D eigenvalue weighted by Crippen LogP contribution is 2.32. The lowest BCUT2D eigenvalue weighted by atomic mass is 10.1. The molecule has 0 aliphatic carbocycles. The zero-order valence-electron chi connectivity index (χ0n) is 10.8. The molecule has 2 N–H and O–H groups in total. The van der Waals surface area contributed by atoms with E-state index in [2.05, 4.69) is 4.98 Å². The van der Waals surface area contributed by atoms with Gasteiger partial charge in [-0.3, -0.25) is 9.78 Å². The number of nitrogens with two attached hydrogens (primary N) is 1. The van der Waals surface area contributed by atoms with Crippen LogP contribution >= 0.6 is 0 Å². The van der Waals surface area contributed by atoms with Gasteiger partial charge in [-0.25, -0.2) is 0 Å². The van der Waals surface area contributed by atoms with Crippen LogP contribution in [0.4, 0.5) is 11.4 Å². The summed E-state index contributed by atoms with van der Waals surface area (Å²) >= 11 is 0. The van der Waals surface area contributed by atoms with Crippen molar-refractivity contribution < 1.29 is 4.79 Å². The average molecular weight is 253 g/mol. The molecule has 0 saturated heterocycles. The van der Waals surface area contributed by atoms with Gasteiger partial charge in [0.2, 0.25) is 0 Å². The number of amides is 1. The monoisotopic (exact) mass is 253 g/mol. The third kappa shape index (κ3) is 1.95. The minimum Gasteiger partial charge on any atom is -0.398 e. The lowest BCUT2D eigenvalue weighted by molar-refractivity contribution is 0.0989. The van der Waals surface area contributed by atoms with E-state index in [1.165, 1.54) is 0 Å². The molecule has 1 aromatic heterocycles. The van der Waals surface area contributed by atoms with Crippen LogP contribution in [0.1, 0.15) is 21.5 Å². The lowest BCUT2D eigenvalue weighted by Crippen LogP contribution is -2.29. The molecule has 0 atom stereocenters. The van der Waals surface area contributed by atoms with Crippen molar-refractivity contribution in [3.63, 3.8) is 0 Å². The fourth-order valence-electron chi connectivity index (χ4n) is 2.50. The molecule has 1 aliphatic rings. The first-order valence-electron chi connectivity index (χ1n) is 6.27. The van der Waals surface area contributed by atoms with E-state index in [-0.39, 0.29) is 5.91 Å². The van der Waals surface area contributed by atoms with Crippen LogP contribution in [0.3, 0.4) is 0 Å². The summed E-state index contributed by atoms with van der Waals surface area (Å²) in [6, 6.07) is 7.56. The highest BCUT2D eigenvalue weighted by atomic mass is 16.2. The highest BCUT2D eigenvalue weighted by Gasteiger charge is 2.26. The van der Waals surface area contributed by atoms with Gasteiger partial charge in [-0.05, 0) is 37.1 Å². The van der Waals surface area contributed by atoms with E-state index in [1.54, 1.807) is 17.3 Å². The number of benzene rings is 1. The average Bonchev–Trinajstić information content (AvgIpc) is 2.83. The van der Waals surface area contributed by atoms with Crippen molar-refractivity contribution in [1.29, 1.82) is 0 Å². The Morgan fingerprint density at radius 2 is 2.21 bits per heavy atom. The van der Waals surface area contributed by atoms with Gasteiger partial charge in [0.15, 0.2) is 0 Å². The van der Waals surface area contributed by atoms with Gasteiger partial charge in [0.1, 0.15) is 0 Å². The number of nitrogens with zero attached hydrogens (tertiary/aromatic N) is 2. The van der Waals surface area contributed by atoms with Crippen molar-refractivity contribution in [3.8, 4) is 0 Å². The van der Waals surface area contributed by atoms with Crippen LogP contribution in [0.2, 0.25) is 0 Å². The van der Waals surface area contributed by atoms with Gasteiger partial charge in [0.05, 0.1) is 5.56 Å². The first-order valence-corrected chi connectivity index (χ1v) is 6.27. The second-order valence-electron chi connectivity index (χ2n) is 4.80. The molecule has 1 aliphatic heterocycles. The summed E-state index contributed by atoms with van der Waals surface area (Å²) in [5.74, 6) is -0.0134. The second kappa shape index (κ2) is 4.39. The molecule has 1 amide bonds. The fourth-order valence-corrected chi connectivity index (χ4v) is 2.50. The minimum atomic E-state index is -0.0134. The number of carbonyl (C=O) groups excluding carboxylic acids is 1. The maximum Gasteiger partial charge on any atom is 0.259 e. The van der Waals surface area contributed by atoms with Crippen LogP contribution in [0.25, 0.3) is 0 Å². The third-order valence-corrected chi connectivity index (χ3v) is 3.43. The van der Waals surface area contributed by atoms with Gasteiger partial charge in [-0.2, -0.15) is 0 Å². The van der Waals surface area contributed by atoms with E-state index >= 15 is 0 Å². The number of aryl methyl sites for hydroxylation is 1. The van der Waals surface area contributed by atoms with Gasteiger partial charge in [-0.1, -0.05) is 6.07 Å². The van der Waals surface area contributed by atoms with Gasteiger partial charge in [0.25, 0.3) is 5.91 Å². The molecule has 4 heteroatoms. The first-order chi connectivity index (χ1) is 9.16. The summed E-state index contributed by atoms with van der Waals surface area (Å²) in [4.78, 5) is 18.4. The number of hydrogen-bond donors (Lipinski definition) is 1. The largest absolute Gasteiger partial charge is 0.398 e. The molecular weight excluding hydrogens is 238 g/mol. The molecule has 2 heterocycles. The molecule has 2 aromatic rings. The molecular formula is C15H15N3O. The quantitative estimate of drug-likeness (QED) is 0.792. The number of rotatable bonds is 1. The normalized spacial score (nSPS) is 13.4. The number of aromatic nitrogens is 1. The van der Waals surface area contributed by atoms with Crippen LogP contribution in [-0.2, 0) is 6.42 Å². The van der Waals surface area contributed by atoms with E-state index in [0.717, 1.165) is 28.9 Å². The smallest absolute Gasteiger partial charge is 0.259 e. The van der Waals surface area contributed by atoms with E-state index in [1.807, 2.05) is 31.2 Å². The van der Waals surface area contributed by atoms with Gasteiger partial charge < -0.3 is 10.6 Å². The number of nitrogen functional groups attached to an aromatic ring is 1. The molecule has 96 valence electrons. The molecule has 0 bridgehead atoms. The van der Waals surface area contributed by atoms with Crippen molar-refractivity contribution in [3.05, 3.63) is 53.3 Å². The van der Waals surface area contributed by atoms with Crippen LogP contribution in [0.15, 0.2) is 36.7 Å². The Balaban J connectivity index is 1.98. The number of hydrogen-bond acceptors (Lipinski definition) is 3. The number of anilines is 2. The molecule has 19 heavy (non-hydrogen) atoms. The van der Waals surface area contributed by atoms with Crippen LogP contribution in [0, 0.1) is 6.92 Å². The Morgan fingerprint density at radius 1 is 1.37 bits per heavy atom. The Kier molecular flexibility index (Phi) is 2.71. The van der Waals surface area contributed by atoms with Crippen molar-refractivity contribution in [1.82, 2.24) is 4.98 Å². The Morgan fingerprint density at radius 3 is 3.00 bits per heavy atom. The maximum absolute atomic E-state index is 12.5. The number of fused-ring (bicyclic) bond motifs is 1. The highest BCUT2D eigenvalue weighted by molar-refractivity contribution is 6.07.